The lowest BCUT2D eigenvalue weighted by molar-refractivity contribution is 0.0696. The normalized spacial score (nSPS) is 9.80. The van der Waals surface area contributed by atoms with Crippen molar-refractivity contribution < 1.29 is 14.6 Å². The van der Waals surface area contributed by atoms with E-state index >= 15 is 0 Å². The monoisotopic (exact) mass is 332 g/mol. The van der Waals surface area contributed by atoms with Crippen LogP contribution in [0.4, 0.5) is 0 Å². The van der Waals surface area contributed by atoms with Gasteiger partial charge in [-0.05, 0) is 51.8 Å². The van der Waals surface area contributed by atoms with Crippen molar-refractivity contribution in [2.75, 3.05) is 0 Å². The maximum absolute atomic E-state index is 10.9. The molecule has 0 saturated carbocycles. The number of aromatic nitrogens is 1. The van der Waals surface area contributed by atoms with Crippen LogP contribution in [0, 0.1) is 11.3 Å². The number of nitriles is 1. The summed E-state index contributed by atoms with van der Waals surface area (Å²) in [5, 5.41) is 17.7. The molecule has 0 aliphatic rings. The van der Waals surface area contributed by atoms with Gasteiger partial charge in [-0.1, -0.05) is 0 Å². The van der Waals surface area contributed by atoms with Crippen LogP contribution in [0.3, 0.4) is 0 Å². The summed E-state index contributed by atoms with van der Waals surface area (Å²) in [6.45, 7) is 0.221. The number of carboxylic acids is 1. The molecule has 0 aliphatic heterocycles. The number of hydrogen-bond donors (Lipinski definition) is 1. The number of carboxylic acid groups (broad SMARTS) is 1. The van der Waals surface area contributed by atoms with Gasteiger partial charge in [-0.2, -0.15) is 5.26 Å². The number of ether oxygens (including phenoxy) is 1. The third-order valence-electron chi connectivity index (χ3n) is 2.51. The van der Waals surface area contributed by atoms with Crippen molar-refractivity contribution in [3.8, 4) is 11.8 Å². The Hall–Kier alpha value is -2.39. The predicted octanol–water partition coefficient (Wildman–Crippen LogP) is 2.99. The Balaban J connectivity index is 2.16. The van der Waals surface area contributed by atoms with Gasteiger partial charge in [0, 0.05) is 6.20 Å². The molecule has 6 heteroatoms. The first-order valence-corrected chi connectivity index (χ1v) is 6.40. The van der Waals surface area contributed by atoms with Crippen molar-refractivity contribution in [3.05, 3.63) is 57.8 Å². The zero-order chi connectivity index (χ0) is 14.5. The van der Waals surface area contributed by atoms with E-state index in [1.165, 1.54) is 18.3 Å². The lowest BCUT2D eigenvalue weighted by Gasteiger charge is -2.09. The van der Waals surface area contributed by atoms with Crippen LogP contribution < -0.4 is 4.74 Å². The Morgan fingerprint density at radius 1 is 1.40 bits per heavy atom. The molecular formula is C14H9BrN2O3. The summed E-state index contributed by atoms with van der Waals surface area (Å²) in [5.74, 6) is -0.585. The minimum atomic E-state index is -1.02. The van der Waals surface area contributed by atoms with Crippen molar-refractivity contribution in [2.24, 2.45) is 0 Å². The summed E-state index contributed by atoms with van der Waals surface area (Å²) in [7, 11) is 0. The molecule has 0 atom stereocenters. The first-order chi connectivity index (χ1) is 9.60. The van der Waals surface area contributed by atoms with Crippen LogP contribution in [-0.4, -0.2) is 16.1 Å². The first kappa shape index (κ1) is 14.0. The van der Waals surface area contributed by atoms with Crippen molar-refractivity contribution in [3.63, 3.8) is 0 Å². The molecule has 0 fully saturated rings. The van der Waals surface area contributed by atoms with E-state index in [1.54, 1.807) is 18.2 Å². The van der Waals surface area contributed by atoms with Crippen LogP contribution in [0.2, 0.25) is 0 Å². The molecular weight excluding hydrogens is 324 g/mol. The maximum atomic E-state index is 10.9. The average Bonchev–Trinajstić information content (AvgIpc) is 2.46. The molecule has 1 aromatic carbocycles. The van der Waals surface area contributed by atoms with Gasteiger partial charge in [0.1, 0.15) is 24.1 Å². The Kier molecular flexibility index (Phi) is 4.33. The second kappa shape index (κ2) is 6.17. The largest absolute Gasteiger partial charge is 0.488 e. The van der Waals surface area contributed by atoms with Gasteiger partial charge in [0.25, 0.3) is 0 Å². The second-order valence-electron chi connectivity index (χ2n) is 3.90. The Morgan fingerprint density at radius 2 is 2.20 bits per heavy atom. The molecule has 2 aromatic rings. The molecule has 2 rings (SSSR count). The third kappa shape index (κ3) is 3.33. The fraction of sp³-hybridized carbons (Fsp3) is 0.0714. The molecule has 0 unspecified atom stereocenters. The number of benzene rings is 1. The standard InChI is InChI=1S/C14H9BrN2O3/c15-12-2-1-10(14(18)19)6-13(12)20-8-9-3-4-17-11(5-9)7-16/h1-6H,8H2,(H,18,19). The Morgan fingerprint density at radius 3 is 2.90 bits per heavy atom. The van der Waals surface area contributed by atoms with Crippen molar-refractivity contribution >= 4 is 21.9 Å². The lowest BCUT2D eigenvalue weighted by atomic mass is 10.2. The smallest absolute Gasteiger partial charge is 0.335 e. The number of rotatable bonds is 4. The number of hydrogen-bond acceptors (Lipinski definition) is 4. The molecule has 1 aromatic heterocycles. The topological polar surface area (TPSA) is 83.2 Å². The van der Waals surface area contributed by atoms with E-state index in [1.807, 2.05) is 6.07 Å². The number of halogens is 1. The zero-order valence-corrected chi connectivity index (χ0v) is 11.8. The summed E-state index contributed by atoms with van der Waals surface area (Å²) < 4.78 is 6.23. The Bertz CT molecular complexity index is 695. The summed E-state index contributed by atoms with van der Waals surface area (Å²) in [4.78, 5) is 14.8. The third-order valence-corrected chi connectivity index (χ3v) is 3.17. The number of carbonyl (C=O) groups is 1. The van der Waals surface area contributed by atoms with Crippen LogP contribution in [0.25, 0.3) is 0 Å². The molecule has 0 aliphatic carbocycles. The van der Waals surface area contributed by atoms with Crippen LogP contribution in [0.5, 0.6) is 5.75 Å². The van der Waals surface area contributed by atoms with Gasteiger partial charge in [-0.25, -0.2) is 9.78 Å². The molecule has 0 amide bonds. The van der Waals surface area contributed by atoms with Gasteiger partial charge in [-0.3, -0.25) is 0 Å². The number of nitrogens with zero attached hydrogens (tertiary/aromatic N) is 2. The summed E-state index contributed by atoms with van der Waals surface area (Å²) in [5.41, 5.74) is 1.24. The maximum Gasteiger partial charge on any atom is 0.335 e. The van der Waals surface area contributed by atoms with Crippen LogP contribution >= 0.6 is 15.9 Å². The minimum absolute atomic E-state index is 0.149. The highest BCUT2D eigenvalue weighted by Gasteiger charge is 2.08. The number of aromatic carboxylic acids is 1. The lowest BCUT2D eigenvalue weighted by Crippen LogP contribution is -2.00. The average molecular weight is 333 g/mol. The van der Waals surface area contributed by atoms with Gasteiger partial charge < -0.3 is 9.84 Å². The number of pyridine rings is 1. The quantitative estimate of drug-likeness (QED) is 0.930. The summed E-state index contributed by atoms with van der Waals surface area (Å²) in [6, 6.07) is 9.85. The fourth-order valence-corrected chi connectivity index (χ4v) is 1.89. The molecule has 0 bridgehead atoms. The first-order valence-electron chi connectivity index (χ1n) is 5.61. The highest BCUT2D eigenvalue weighted by Crippen LogP contribution is 2.27. The van der Waals surface area contributed by atoms with Crippen LogP contribution in [-0.2, 0) is 6.61 Å². The molecule has 1 heterocycles. The van der Waals surface area contributed by atoms with Crippen molar-refractivity contribution in [2.45, 2.75) is 6.61 Å². The summed E-state index contributed by atoms with van der Waals surface area (Å²) in [6.07, 6.45) is 1.53. The van der Waals surface area contributed by atoms with Gasteiger partial charge in [0.2, 0.25) is 0 Å². The van der Waals surface area contributed by atoms with Gasteiger partial charge in [-0.15, -0.1) is 0 Å². The van der Waals surface area contributed by atoms with Crippen molar-refractivity contribution in [1.29, 1.82) is 5.26 Å². The molecule has 0 saturated heterocycles. The fourth-order valence-electron chi connectivity index (χ4n) is 1.53. The van der Waals surface area contributed by atoms with Gasteiger partial charge in [0.05, 0.1) is 10.0 Å². The van der Waals surface area contributed by atoms with E-state index in [4.69, 9.17) is 15.1 Å². The van der Waals surface area contributed by atoms with Crippen LogP contribution in [0.15, 0.2) is 41.0 Å². The minimum Gasteiger partial charge on any atom is -0.488 e. The highest BCUT2D eigenvalue weighted by molar-refractivity contribution is 9.10. The van der Waals surface area contributed by atoms with E-state index in [0.717, 1.165) is 5.56 Å². The van der Waals surface area contributed by atoms with E-state index in [9.17, 15) is 4.79 Å². The molecule has 1 N–H and O–H groups in total. The molecule has 20 heavy (non-hydrogen) atoms. The molecule has 100 valence electrons. The zero-order valence-electron chi connectivity index (χ0n) is 10.2. The van der Waals surface area contributed by atoms with Crippen molar-refractivity contribution in [1.82, 2.24) is 4.98 Å². The van der Waals surface area contributed by atoms with E-state index < -0.39 is 5.97 Å². The molecule has 5 nitrogen and oxygen atoms in total. The van der Waals surface area contributed by atoms with Gasteiger partial charge >= 0.3 is 5.97 Å². The van der Waals surface area contributed by atoms with Crippen LogP contribution in [0.1, 0.15) is 21.6 Å². The summed E-state index contributed by atoms with van der Waals surface area (Å²) >= 11 is 3.30. The van der Waals surface area contributed by atoms with Gasteiger partial charge in [0.15, 0.2) is 0 Å². The molecule has 0 spiro atoms. The second-order valence-corrected chi connectivity index (χ2v) is 4.75. The van der Waals surface area contributed by atoms with E-state index in [-0.39, 0.29) is 12.2 Å². The molecule has 0 radical (unpaired) electrons. The highest BCUT2D eigenvalue weighted by atomic mass is 79.9. The predicted molar refractivity (Wildman–Crippen MR) is 74.4 cm³/mol. The van der Waals surface area contributed by atoms with E-state index in [2.05, 4.69) is 20.9 Å². The van der Waals surface area contributed by atoms with E-state index in [0.29, 0.717) is 15.9 Å². The Labute approximate surface area is 123 Å². The SMILES string of the molecule is N#Cc1cc(COc2cc(C(=O)O)ccc2Br)ccn1.